The quantitative estimate of drug-likeness (QED) is 0.704. The van der Waals surface area contributed by atoms with Crippen molar-refractivity contribution in [3.63, 3.8) is 0 Å². The van der Waals surface area contributed by atoms with Crippen LogP contribution in [0.2, 0.25) is 0 Å². The molecular formula is C16H22N4O4S. The summed E-state index contributed by atoms with van der Waals surface area (Å²) in [5, 5.41) is 2.71. The fourth-order valence-electron chi connectivity index (χ4n) is 2.87. The van der Waals surface area contributed by atoms with Gasteiger partial charge in [0.05, 0.1) is 11.0 Å². The van der Waals surface area contributed by atoms with Crippen LogP contribution in [0.15, 0.2) is 34.2 Å². The summed E-state index contributed by atoms with van der Waals surface area (Å²) in [5.41, 5.74) is 5.95. The molecule has 2 heterocycles. The van der Waals surface area contributed by atoms with Crippen LogP contribution in [0.5, 0.6) is 0 Å². The van der Waals surface area contributed by atoms with Gasteiger partial charge in [-0.2, -0.15) is 0 Å². The van der Waals surface area contributed by atoms with E-state index in [0.29, 0.717) is 37.5 Å². The van der Waals surface area contributed by atoms with Crippen LogP contribution in [0.3, 0.4) is 0 Å². The Kier molecular flexibility index (Phi) is 5.36. The van der Waals surface area contributed by atoms with Crippen LogP contribution in [0.1, 0.15) is 25.7 Å². The van der Waals surface area contributed by atoms with E-state index in [1.54, 1.807) is 12.1 Å². The molecule has 0 bridgehead atoms. The fourth-order valence-corrected chi connectivity index (χ4v) is 4.01. The summed E-state index contributed by atoms with van der Waals surface area (Å²) in [6.07, 6.45) is 2.16. The zero-order valence-corrected chi connectivity index (χ0v) is 14.6. The lowest BCUT2D eigenvalue weighted by Gasteiger charge is -2.13. The van der Waals surface area contributed by atoms with Crippen LogP contribution in [0, 0.1) is 0 Å². The third kappa shape index (κ3) is 4.36. The number of hydrogen-bond donors (Lipinski definition) is 3. The molecule has 2 aliphatic heterocycles. The molecule has 4 N–H and O–H groups in total. The smallest absolute Gasteiger partial charge is 0.262 e. The highest BCUT2D eigenvalue weighted by Crippen LogP contribution is 2.22. The Morgan fingerprint density at radius 2 is 2.20 bits per heavy atom. The van der Waals surface area contributed by atoms with E-state index < -0.39 is 16.1 Å². The number of carbonyl (C=O) groups excluding carboxylic acids is 1. The van der Waals surface area contributed by atoms with Gasteiger partial charge in [-0.3, -0.25) is 14.5 Å². The highest BCUT2D eigenvalue weighted by molar-refractivity contribution is 7.90. The van der Waals surface area contributed by atoms with Gasteiger partial charge in [-0.15, -0.1) is 0 Å². The van der Waals surface area contributed by atoms with Crippen molar-refractivity contribution < 1.29 is 17.9 Å². The van der Waals surface area contributed by atoms with Crippen LogP contribution < -0.4 is 15.8 Å². The third-order valence-electron chi connectivity index (χ3n) is 4.20. The number of benzene rings is 1. The molecule has 1 fully saturated rings. The van der Waals surface area contributed by atoms with Crippen molar-refractivity contribution in [2.24, 2.45) is 10.7 Å². The van der Waals surface area contributed by atoms with Gasteiger partial charge in [0, 0.05) is 25.2 Å². The van der Waals surface area contributed by atoms with Crippen LogP contribution in [0.25, 0.3) is 0 Å². The van der Waals surface area contributed by atoms with Crippen LogP contribution >= 0.6 is 0 Å². The van der Waals surface area contributed by atoms with Gasteiger partial charge >= 0.3 is 0 Å². The Hall–Kier alpha value is -1.97. The molecule has 136 valence electrons. The van der Waals surface area contributed by atoms with E-state index in [0.717, 1.165) is 12.8 Å². The van der Waals surface area contributed by atoms with Gasteiger partial charge < -0.3 is 15.8 Å². The van der Waals surface area contributed by atoms with Crippen LogP contribution in [-0.4, -0.2) is 45.5 Å². The Balaban J connectivity index is 1.68. The first-order valence-electron chi connectivity index (χ1n) is 8.30. The van der Waals surface area contributed by atoms with Gasteiger partial charge in [-0.25, -0.2) is 8.42 Å². The van der Waals surface area contributed by atoms with Crippen molar-refractivity contribution in [3.05, 3.63) is 24.3 Å². The average molecular weight is 366 g/mol. The number of rotatable bonds is 5. The minimum absolute atomic E-state index is 0.0760. The number of amides is 1. The molecule has 0 radical (unpaired) electrons. The molecule has 2 aliphatic rings. The van der Waals surface area contributed by atoms with Gasteiger partial charge in [-0.05, 0) is 37.5 Å². The van der Waals surface area contributed by atoms with E-state index in [1.807, 2.05) is 0 Å². The van der Waals surface area contributed by atoms with Crippen molar-refractivity contribution >= 4 is 27.5 Å². The molecule has 0 spiro atoms. The molecule has 1 aromatic carbocycles. The van der Waals surface area contributed by atoms with E-state index in [1.165, 1.54) is 12.1 Å². The Bertz CT molecular complexity index is 778. The largest absolute Gasteiger partial charge is 0.364 e. The SMILES string of the molecule is NC[C@H]1CC[C@@H](C(=O)Nc2cccc(S(=O)(=O)NC3=NCCC3)c2)O1. The van der Waals surface area contributed by atoms with Gasteiger partial charge in [0.15, 0.2) is 0 Å². The summed E-state index contributed by atoms with van der Waals surface area (Å²) in [4.78, 5) is 16.4. The van der Waals surface area contributed by atoms with Crippen molar-refractivity contribution in [2.75, 3.05) is 18.4 Å². The first kappa shape index (κ1) is 17.8. The summed E-state index contributed by atoms with van der Waals surface area (Å²) in [5.74, 6) is 0.181. The number of sulfonamides is 1. The molecule has 0 saturated carbocycles. The molecule has 9 heteroatoms. The zero-order chi connectivity index (χ0) is 17.9. The average Bonchev–Trinajstić information content (AvgIpc) is 3.26. The summed E-state index contributed by atoms with van der Waals surface area (Å²) in [6.45, 7) is 1.02. The van der Waals surface area contributed by atoms with Crippen molar-refractivity contribution in [1.29, 1.82) is 0 Å². The van der Waals surface area contributed by atoms with E-state index >= 15 is 0 Å². The van der Waals surface area contributed by atoms with Gasteiger partial charge in [0.2, 0.25) is 0 Å². The Morgan fingerprint density at radius 3 is 2.88 bits per heavy atom. The lowest BCUT2D eigenvalue weighted by molar-refractivity contribution is -0.126. The summed E-state index contributed by atoms with van der Waals surface area (Å²) < 4.78 is 32.9. The van der Waals surface area contributed by atoms with Crippen molar-refractivity contribution in [3.8, 4) is 0 Å². The maximum Gasteiger partial charge on any atom is 0.262 e. The molecule has 1 aromatic rings. The third-order valence-corrected chi connectivity index (χ3v) is 5.58. The summed E-state index contributed by atoms with van der Waals surface area (Å²) in [6, 6.07) is 6.12. The number of nitrogens with zero attached hydrogens (tertiary/aromatic N) is 1. The lowest BCUT2D eigenvalue weighted by Crippen LogP contribution is -2.30. The van der Waals surface area contributed by atoms with E-state index in [4.69, 9.17) is 10.5 Å². The molecule has 1 amide bonds. The van der Waals surface area contributed by atoms with Gasteiger partial charge in [0.1, 0.15) is 11.9 Å². The number of nitrogens with two attached hydrogens (primary N) is 1. The predicted octanol–water partition coefficient (Wildman–Crippen LogP) is 0.602. The number of nitrogens with one attached hydrogen (secondary N) is 2. The zero-order valence-electron chi connectivity index (χ0n) is 13.8. The second-order valence-corrected chi connectivity index (χ2v) is 7.80. The molecular weight excluding hydrogens is 344 g/mol. The second-order valence-electron chi connectivity index (χ2n) is 6.11. The molecule has 1 saturated heterocycles. The monoisotopic (exact) mass is 366 g/mol. The number of aliphatic imine (C=N–C) groups is 1. The molecule has 0 aromatic heterocycles. The van der Waals surface area contributed by atoms with Crippen LogP contribution in [0.4, 0.5) is 5.69 Å². The molecule has 2 atom stereocenters. The van der Waals surface area contributed by atoms with E-state index in [9.17, 15) is 13.2 Å². The van der Waals surface area contributed by atoms with Crippen LogP contribution in [-0.2, 0) is 19.6 Å². The maximum absolute atomic E-state index is 12.4. The number of hydrogen-bond acceptors (Lipinski definition) is 6. The van der Waals surface area contributed by atoms with E-state index in [2.05, 4.69) is 15.0 Å². The molecule has 3 rings (SSSR count). The second kappa shape index (κ2) is 7.51. The number of ether oxygens (including phenoxy) is 1. The van der Waals surface area contributed by atoms with Crippen molar-refractivity contribution in [1.82, 2.24) is 4.72 Å². The predicted molar refractivity (Wildman–Crippen MR) is 93.9 cm³/mol. The minimum Gasteiger partial charge on any atom is -0.364 e. The highest BCUT2D eigenvalue weighted by atomic mass is 32.2. The van der Waals surface area contributed by atoms with Gasteiger partial charge in [0.25, 0.3) is 15.9 Å². The maximum atomic E-state index is 12.4. The fraction of sp³-hybridized carbons (Fsp3) is 0.500. The Labute approximate surface area is 146 Å². The first-order valence-corrected chi connectivity index (χ1v) is 9.79. The first-order chi connectivity index (χ1) is 12.0. The Morgan fingerprint density at radius 1 is 1.36 bits per heavy atom. The lowest BCUT2D eigenvalue weighted by atomic mass is 10.2. The van der Waals surface area contributed by atoms with Gasteiger partial charge in [-0.1, -0.05) is 6.07 Å². The summed E-state index contributed by atoms with van der Waals surface area (Å²) in [7, 11) is -3.71. The van der Waals surface area contributed by atoms with Crippen molar-refractivity contribution in [2.45, 2.75) is 42.8 Å². The summed E-state index contributed by atoms with van der Waals surface area (Å²) >= 11 is 0. The molecule has 0 unspecified atom stereocenters. The standard InChI is InChI=1S/C16H22N4O4S/c17-10-12-6-7-14(24-12)16(21)19-11-3-1-4-13(9-11)25(22,23)20-15-5-2-8-18-15/h1,3-4,9,12,14H,2,5-8,10,17H2,(H,18,20)(H,19,21)/t12-,14+/m1/s1. The molecule has 0 aliphatic carbocycles. The number of carbonyl (C=O) groups is 1. The highest BCUT2D eigenvalue weighted by Gasteiger charge is 2.30. The normalized spacial score (nSPS) is 23.3. The minimum atomic E-state index is -3.71. The topological polar surface area (TPSA) is 123 Å². The number of amidine groups is 1. The molecule has 8 nitrogen and oxygen atoms in total. The van der Waals surface area contributed by atoms with E-state index in [-0.39, 0.29) is 16.9 Å². The number of anilines is 1. The molecule has 25 heavy (non-hydrogen) atoms.